The lowest BCUT2D eigenvalue weighted by molar-refractivity contribution is 0.222. The Morgan fingerprint density at radius 2 is 1.23 bits per heavy atom. The van der Waals surface area contributed by atoms with Gasteiger partial charge in [0, 0.05) is 18.3 Å². The maximum absolute atomic E-state index is 4.63. The van der Waals surface area contributed by atoms with Crippen molar-refractivity contribution in [3.63, 3.8) is 0 Å². The summed E-state index contributed by atoms with van der Waals surface area (Å²) in [6, 6.07) is 0. The Balaban J connectivity index is 1.33. The number of nitrogens with zero attached hydrogens (tertiary/aromatic N) is 2. The summed E-state index contributed by atoms with van der Waals surface area (Å²) in [5, 5.41) is 0. The van der Waals surface area contributed by atoms with E-state index in [9.17, 15) is 0 Å². The SMILES string of the molecule is CCCCC1CCC(CCC2CCC(c3ncc(CC)cn3)CC2)CC1. The van der Waals surface area contributed by atoms with E-state index in [2.05, 4.69) is 23.8 Å². The van der Waals surface area contributed by atoms with Gasteiger partial charge in [-0.05, 0) is 55.4 Å². The first-order valence-electron chi connectivity index (χ1n) is 11.6. The third-order valence-corrected chi connectivity index (χ3v) is 7.26. The van der Waals surface area contributed by atoms with Crippen molar-refractivity contribution in [2.24, 2.45) is 17.8 Å². The van der Waals surface area contributed by atoms with Gasteiger partial charge in [-0.15, -0.1) is 0 Å². The van der Waals surface area contributed by atoms with Crippen LogP contribution in [0, 0.1) is 17.8 Å². The molecule has 0 aromatic carbocycles. The predicted molar refractivity (Wildman–Crippen MR) is 110 cm³/mol. The van der Waals surface area contributed by atoms with E-state index in [0.717, 1.165) is 30.0 Å². The molecule has 0 atom stereocenters. The van der Waals surface area contributed by atoms with Crippen LogP contribution in [-0.2, 0) is 6.42 Å². The Morgan fingerprint density at radius 1 is 0.731 bits per heavy atom. The Bertz CT molecular complexity index is 493. The van der Waals surface area contributed by atoms with Crippen LogP contribution in [0.5, 0.6) is 0 Å². The van der Waals surface area contributed by atoms with Crippen molar-refractivity contribution >= 4 is 0 Å². The fraction of sp³-hybridized carbons (Fsp3) is 0.833. The Kier molecular flexibility index (Phi) is 7.95. The lowest BCUT2D eigenvalue weighted by Gasteiger charge is -2.31. The minimum atomic E-state index is 0.617. The highest BCUT2D eigenvalue weighted by Gasteiger charge is 2.26. The Hall–Kier alpha value is -0.920. The Morgan fingerprint density at radius 3 is 1.73 bits per heavy atom. The molecule has 2 aliphatic carbocycles. The normalized spacial score (nSPS) is 29.6. The zero-order valence-corrected chi connectivity index (χ0v) is 17.3. The van der Waals surface area contributed by atoms with Gasteiger partial charge in [0.2, 0.25) is 0 Å². The van der Waals surface area contributed by atoms with Crippen LogP contribution in [0.15, 0.2) is 12.4 Å². The van der Waals surface area contributed by atoms with Gasteiger partial charge in [-0.25, -0.2) is 9.97 Å². The van der Waals surface area contributed by atoms with Crippen molar-refractivity contribution in [1.29, 1.82) is 0 Å². The smallest absolute Gasteiger partial charge is 0.131 e. The van der Waals surface area contributed by atoms with Crippen molar-refractivity contribution in [3.05, 3.63) is 23.8 Å². The highest BCUT2D eigenvalue weighted by atomic mass is 14.9. The van der Waals surface area contributed by atoms with Crippen LogP contribution < -0.4 is 0 Å². The van der Waals surface area contributed by atoms with Crippen molar-refractivity contribution in [2.45, 2.75) is 110 Å². The summed E-state index contributed by atoms with van der Waals surface area (Å²) in [4.78, 5) is 9.27. The van der Waals surface area contributed by atoms with Gasteiger partial charge in [0.05, 0.1) is 0 Å². The second-order valence-corrected chi connectivity index (χ2v) is 9.13. The van der Waals surface area contributed by atoms with Crippen molar-refractivity contribution in [1.82, 2.24) is 9.97 Å². The fourth-order valence-corrected chi connectivity index (χ4v) is 5.24. The second kappa shape index (κ2) is 10.4. The van der Waals surface area contributed by atoms with E-state index in [1.165, 1.54) is 89.0 Å². The summed E-state index contributed by atoms with van der Waals surface area (Å²) >= 11 is 0. The Labute approximate surface area is 161 Å². The van der Waals surface area contributed by atoms with E-state index < -0.39 is 0 Å². The number of aryl methyl sites for hydroxylation is 1. The number of rotatable bonds is 8. The maximum atomic E-state index is 4.63. The number of unbranched alkanes of at least 4 members (excludes halogenated alkanes) is 1. The summed E-state index contributed by atoms with van der Waals surface area (Å²) in [5.74, 6) is 4.78. The standard InChI is InChI=1S/C24H40N2/c1-3-5-6-20-7-9-21(10-8-20)11-12-22-13-15-23(16-14-22)24-25-17-19(4-2)18-26-24/h17-18,20-23H,3-16H2,1-2H3. The van der Waals surface area contributed by atoms with Gasteiger partial charge in [-0.3, -0.25) is 0 Å². The summed E-state index contributed by atoms with van der Waals surface area (Å²) in [7, 11) is 0. The number of aromatic nitrogens is 2. The van der Waals surface area contributed by atoms with Crippen LogP contribution in [0.4, 0.5) is 0 Å². The summed E-state index contributed by atoms with van der Waals surface area (Å²) < 4.78 is 0. The minimum absolute atomic E-state index is 0.617. The highest BCUT2D eigenvalue weighted by Crippen LogP contribution is 2.39. The lowest BCUT2D eigenvalue weighted by atomic mass is 9.75. The molecular formula is C24H40N2. The van der Waals surface area contributed by atoms with Gasteiger partial charge < -0.3 is 0 Å². The molecule has 0 radical (unpaired) electrons. The molecule has 1 aromatic rings. The molecule has 146 valence electrons. The van der Waals surface area contributed by atoms with Gasteiger partial charge in [0.25, 0.3) is 0 Å². The van der Waals surface area contributed by atoms with Crippen molar-refractivity contribution < 1.29 is 0 Å². The molecular weight excluding hydrogens is 316 g/mol. The summed E-state index contributed by atoms with van der Waals surface area (Å²) in [6.45, 7) is 4.49. The molecule has 0 amide bonds. The van der Waals surface area contributed by atoms with Crippen molar-refractivity contribution in [2.75, 3.05) is 0 Å². The molecule has 0 unspecified atom stereocenters. The van der Waals surface area contributed by atoms with Gasteiger partial charge in [0.1, 0.15) is 5.82 Å². The summed E-state index contributed by atoms with van der Waals surface area (Å²) in [5.41, 5.74) is 1.26. The van der Waals surface area contributed by atoms with Gasteiger partial charge in [-0.1, -0.05) is 71.6 Å². The average molecular weight is 357 g/mol. The molecule has 3 rings (SSSR count). The first-order chi connectivity index (χ1) is 12.8. The second-order valence-electron chi connectivity index (χ2n) is 9.13. The molecule has 0 bridgehead atoms. The molecule has 0 N–H and O–H groups in total. The van der Waals surface area contributed by atoms with Crippen LogP contribution in [0.25, 0.3) is 0 Å². The maximum Gasteiger partial charge on any atom is 0.131 e. The third kappa shape index (κ3) is 5.79. The van der Waals surface area contributed by atoms with Gasteiger partial charge >= 0.3 is 0 Å². The number of hydrogen-bond donors (Lipinski definition) is 0. The minimum Gasteiger partial charge on any atom is -0.241 e. The van der Waals surface area contributed by atoms with E-state index in [1.54, 1.807) is 0 Å². The fourth-order valence-electron chi connectivity index (χ4n) is 5.24. The quantitative estimate of drug-likeness (QED) is 0.497. The average Bonchev–Trinajstić information content (AvgIpc) is 2.72. The molecule has 0 spiro atoms. The lowest BCUT2D eigenvalue weighted by Crippen LogP contribution is -2.18. The van der Waals surface area contributed by atoms with Gasteiger partial charge in [-0.2, -0.15) is 0 Å². The van der Waals surface area contributed by atoms with Crippen LogP contribution in [0.2, 0.25) is 0 Å². The molecule has 2 nitrogen and oxygen atoms in total. The van der Waals surface area contributed by atoms with Crippen molar-refractivity contribution in [3.8, 4) is 0 Å². The van der Waals surface area contributed by atoms with E-state index in [4.69, 9.17) is 0 Å². The summed E-state index contributed by atoms with van der Waals surface area (Å²) in [6.07, 6.45) is 23.9. The number of hydrogen-bond acceptors (Lipinski definition) is 2. The molecule has 1 heterocycles. The molecule has 2 heteroatoms. The molecule has 2 saturated carbocycles. The van der Waals surface area contributed by atoms with Crippen LogP contribution in [0.3, 0.4) is 0 Å². The largest absolute Gasteiger partial charge is 0.241 e. The van der Waals surface area contributed by atoms with Crippen LogP contribution in [-0.4, -0.2) is 9.97 Å². The van der Waals surface area contributed by atoms with E-state index in [-0.39, 0.29) is 0 Å². The predicted octanol–water partition coefficient (Wildman–Crippen LogP) is 7.09. The first-order valence-corrected chi connectivity index (χ1v) is 11.6. The van der Waals surface area contributed by atoms with Crippen LogP contribution in [0.1, 0.15) is 115 Å². The zero-order chi connectivity index (χ0) is 18.2. The molecule has 26 heavy (non-hydrogen) atoms. The van der Waals surface area contributed by atoms with Gasteiger partial charge in [0.15, 0.2) is 0 Å². The monoisotopic (exact) mass is 356 g/mol. The highest BCUT2D eigenvalue weighted by molar-refractivity contribution is 5.07. The topological polar surface area (TPSA) is 25.8 Å². The van der Waals surface area contributed by atoms with E-state index >= 15 is 0 Å². The van der Waals surface area contributed by atoms with Crippen LogP contribution >= 0.6 is 0 Å². The first kappa shape index (κ1) is 19.8. The molecule has 1 aromatic heterocycles. The van der Waals surface area contributed by atoms with E-state index in [1.807, 2.05) is 12.4 Å². The molecule has 0 saturated heterocycles. The molecule has 0 aliphatic heterocycles. The molecule has 2 fully saturated rings. The zero-order valence-electron chi connectivity index (χ0n) is 17.3. The molecule has 2 aliphatic rings. The third-order valence-electron chi connectivity index (χ3n) is 7.26. The van der Waals surface area contributed by atoms with E-state index in [0.29, 0.717) is 5.92 Å².